The van der Waals surface area contributed by atoms with Crippen LogP contribution in [0.5, 0.6) is 5.75 Å². The number of amides is 1. The first-order valence-corrected chi connectivity index (χ1v) is 8.43. The van der Waals surface area contributed by atoms with E-state index < -0.39 is 0 Å². The molecule has 0 atom stereocenters. The summed E-state index contributed by atoms with van der Waals surface area (Å²) in [4.78, 5) is 23.5. The maximum absolute atomic E-state index is 11.9. The van der Waals surface area contributed by atoms with Gasteiger partial charge in [-0.25, -0.2) is 0 Å². The lowest BCUT2D eigenvalue weighted by Gasteiger charge is -2.12. The van der Waals surface area contributed by atoms with Crippen molar-refractivity contribution in [2.75, 3.05) is 13.2 Å². The van der Waals surface area contributed by atoms with E-state index >= 15 is 0 Å². The number of nitrogens with one attached hydrogen (secondary N) is 1. The van der Waals surface area contributed by atoms with Gasteiger partial charge in [0.15, 0.2) is 0 Å². The van der Waals surface area contributed by atoms with E-state index in [-0.39, 0.29) is 18.0 Å². The van der Waals surface area contributed by atoms with Crippen molar-refractivity contribution in [2.45, 2.75) is 6.54 Å². The molecule has 0 aliphatic heterocycles. The van der Waals surface area contributed by atoms with Crippen LogP contribution < -0.4 is 15.6 Å². The number of aromatic nitrogens is 1. The predicted molar refractivity (Wildman–Crippen MR) is 101 cm³/mol. The number of rotatable bonds is 7. The zero-order chi connectivity index (χ0) is 18.2. The normalized spacial score (nSPS) is 10.3. The molecule has 3 aromatic rings. The fourth-order valence-electron chi connectivity index (χ4n) is 2.60. The van der Waals surface area contributed by atoms with E-state index in [1.807, 2.05) is 54.6 Å². The maximum Gasteiger partial charge on any atom is 0.250 e. The Bertz CT molecular complexity index is 920. The summed E-state index contributed by atoms with van der Waals surface area (Å²) in [6.07, 6.45) is 1.59. The fraction of sp³-hybridized carbons (Fsp3) is 0.143. The van der Waals surface area contributed by atoms with E-state index in [2.05, 4.69) is 5.32 Å². The molecule has 1 aromatic heterocycles. The summed E-state index contributed by atoms with van der Waals surface area (Å²) in [6, 6.07) is 22.6. The summed E-state index contributed by atoms with van der Waals surface area (Å²) in [5.74, 6) is 0.547. The van der Waals surface area contributed by atoms with Gasteiger partial charge in [0.1, 0.15) is 18.9 Å². The number of carbonyl (C=O) groups is 1. The molecule has 5 heteroatoms. The first kappa shape index (κ1) is 17.5. The molecule has 26 heavy (non-hydrogen) atoms. The highest BCUT2D eigenvalue weighted by Gasteiger charge is 2.06. The Morgan fingerprint density at radius 1 is 0.923 bits per heavy atom. The average molecular weight is 348 g/mol. The number of pyridine rings is 1. The molecule has 0 bridgehead atoms. The van der Waals surface area contributed by atoms with Crippen LogP contribution in [0.2, 0.25) is 0 Å². The molecule has 0 aliphatic carbocycles. The molecule has 0 aliphatic rings. The minimum Gasteiger partial charge on any atom is -0.491 e. The average Bonchev–Trinajstić information content (AvgIpc) is 2.68. The molecule has 0 fully saturated rings. The molecule has 0 radical (unpaired) electrons. The fourth-order valence-corrected chi connectivity index (χ4v) is 2.60. The van der Waals surface area contributed by atoms with Gasteiger partial charge in [0.25, 0.3) is 5.56 Å². The molecule has 1 heterocycles. The van der Waals surface area contributed by atoms with Crippen molar-refractivity contribution in [3.8, 4) is 16.9 Å². The Balaban J connectivity index is 1.52. The molecule has 132 valence electrons. The molecule has 1 amide bonds. The number of carbonyl (C=O) groups excluding carboxylic acids is 1. The second-order valence-electron chi connectivity index (χ2n) is 5.73. The van der Waals surface area contributed by atoms with Crippen LogP contribution in [0.1, 0.15) is 0 Å². The minimum absolute atomic E-state index is 0.000273. The molecule has 0 spiro atoms. The first-order chi connectivity index (χ1) is 12.7. The smallest absolute Gasteiger partial charge is 0.250 e. The van der Waals surface area contributed by atoms with Crippen molar-refractivity contribution in [2.24, 2.45) is 0 Å². The van der Waals surface area contributed by atoms with Crippen LogP contribution in [0.15, 0.2) is 83.8 Å². The van der Waals surface area contributed by atoms with Crippen LogP contribution >= 0.6 is 0 Å². The zero-order valence-corrected chi connectivity index (χ0v) is 14.3. The molecular weight excluding hydrogens is 328 g/mol. The zero-order valence-electron chi connectivity index (χ0n) is 14.3. The Kier molecular flexibility index (Phi) is 5.83. The van der Waals surface area contributed by atoms with Gasteiger partial charge in [-0.2, -0.15) is 0 Å². The summed E-state index contributed by atoms with van der Waals surface area (Å²) in [7, 11) is 0. The Labute approximate surface area is 151 Å². The third-order valence-corrected chi connectivity index (χ3v) is 3.87. The van der Waals surface area contributed by atoms with E-state index in [4.69, 9.17) is 4.74 Å². The van der Waals surface area contributed by atoms with Gasteiger partial charge in [-0.3, -0.25) is 9.59 Å². The second kappa shape index (κ2) is 8.67. The largest absolute Gasteiger partial charge is 0.491 e. The SMILES string of the molecule is O=C(Cn1ccccc1=O)NCCOc1ccccc1-c1ccccc1. The predicted octanol–water partition coefficient (Wildman–Crippen LogP) is 2.71. The molecule has 2 aromatic carbocycles. The van der Waals surface area contributed by atoms with Gasteiger partial charge in [0.2, 0.25) is 5.91 Å². The number of para-hydroxylation sites is 1. The molecule has 0 saturated heterocycles. The van der Waals surface area contributed by atoms with E-state index in [0.717, 1.165) is 16.9 Å². The van der Waals surface area contributed by atoms with Crippen molar-refractivity contribution in [3.63, 3.8) is 0 Å². The van der Waals surface area contributed by atoms with Crippen molar-refractivity contribution >= 4 is 5.91 Å². The van der Waals surface area contributed by atoms with Crippen LogP contribution in [0, 0.1) is 0 Å². The van der Waals surface area contributed by atoms with Gasteiger partial charge in [-0.05, 0) is 17.7 Å². The topological polar surface area (TPSA) is 60.3 Å². The molecule has 1 N–H and O–H groups in total. The van der Waals surface area contributed by atoms with E-state index in [1.54, 1.807) is 18.3 Å². The maximum atomic E-state index is 11.9. The quantitative estimate of drug-likeness (QED) is 0.668. The summed E-state index contributed by atoms with van der Waals surface area (Å²) in [6.45, 7) is 0.711. The summed E-state index contributed by atoms with van der Waals surface area (Å²) in [5, 5.41) is 2.76. The number of benzene rings is 2. The van der Waals surface area contributed by atoms with Crippen LogP contribution in [0.3, 0.4) is 0 Å². The lowest BCUT2D eigenvalue weighted by atomic mass is 10.1. The van der Waals surface area contributed by atoms with Gasteiger partial charge < -0.3 is 14.6 Å². The monoisotopic (exact) mass is 348 g/mol. The summed E-state index contributed by atoms with van der Waals surface area (Å²) < 4.78 is 7.19. The van der Waals surface area contributed by atoms with E-state index in [0.29, 0.717) is 13.2 Å². The standard InChI is InChI=1S/C21H20N2O3/c24-20(16-23-14-7-6-12-21(23)25)22-13-15-26-19-11-5-4-10-18(19)17-8-2-1-3-9-17/h1-12,14H,13,15-16H2,(H,22,24). The van der Waals surface area contributed by atoms with Crippen LogP contribution in [0.4, 0.5) is 0 Å². The third-order valence-electron chi connectivity index (χ3n) is 3.87. The van der Waals surface area contributed by atoms with Gasteiger partial charge in [-0.1, -0.05) is 54.6 Å². The third kappa shape index (κ3) is 4.60. The van der Waals surface area contributed by atoms with Gasteiger partial charge in [0.05, 0.1) is 6.54 Å². The van der Waals surface area contributed by atoms with E-state index in [1.165, 1.54) is 10.6 Å². The Morgan fingerprint density at radius 3 is 2.46 bits per heavy atom. The van der Waals surface area contributed by atoms with Crippen LogP contribution in [-0.4, -0.2) is 23.6 Å². The lowest BCUT2D eigenvalue weighted by Crippen LogP contribution is -2.34. The Morgan fingerprint density at radius 2 is 1.65 bits per heavy atom. The minimum atomic E-state index is -0.224. The van der Waals surface area contributed by atoms with Crippen molar-refractivity contribution < 1.29 is 9.53 Å². The highest BCUT2D eigenvalue weighted by molar-refractivity contribution is 5.75. The molecule has 0 saturated carbocycles. The second-order valence-corrected chi connectivity index (χ2v) is 5.73. The van der Waals surface area contributed by atoms with Crippen LogP contribution in [-0.2, 0) is 11.3 Å². The van der Waals surface area contributed by atoms with Crippen molar-refractivity contribution in [1.82, 2.24) is 9.88 Å². The molecule has 0 unspecified atom stereocenters. The summed E-state index contributed by atoms with van der Waals surface area (Å²) >= 11 is 0. The Hall–Kier alpha value is -3.34. The molecule has 3 rings (SSSR count). The molecular formula is C21H20N2O3. The number of nitrogens with zero attached hydrogens (tertiary/aromatic N) is 1. The summed E-state index contributed by atoms with van der Waals surface area (Å²) in [5.41, 5.74) is 1.89. The highest BCUT2D eigenvalue weighted by Crippen LogP contribution is 2.29. The number of hydrogen-bond acceptors (Lipinski definition) is 3. The van der Waals surface area contributed by atoms with Crippen LogP contribution in [0.25, 0.3) is 11.1 Å². The van der Waals surface area contributed by atoms with E-state index in [9.17, 15) is 9.59 Å². The number of hydrogen-bond donors (Lipinski definition) is 1. The van der Waals surface area contributed by atoms with Crippen molar-refractivity contribution in [1.29, 1.82) is 0 Å². The van der Waals surface area contributed by atoms with Gasteiger partial charge in [-0.15, -0.1) is 0 Å². The molecule has 5 nitrogen and oxygen atoms in total. The van der Waals surface area contributed by atoms with Gasteiger partial charge >= 0.3 is 0 Å². The van der Waals surface area contributed by atoms with Crippen molar-refractivity contribution in [3.05, 3.63) is 89.3 Å². The van der Waals surface area contributed by atoms with Gasteiger partial charge in [0, 0.05) is 17.8 Å². The lowest BCUT2D eigenvalue weighted by molar-refractivity contribution is -0.121. The number of ether oxygens (including phenoxy) is 1. The first-order valence-electron chi connectivity index (χ1n) is 8.43. The highest BCUT2D eigenvalue weighted by atomic mass is 16.5.